The number of nitrogens with two attached hydrogens (primary N) is 1. The number of rotatable bonds is 13. The number of benzene rings is 1. The molecule has 134 valence electrons. The summed E-state index contributed by atoms with van der Waals surface area (Å²) in [6.45, 7) is 2.13. The second-order valence-corrected chi connectivity index (χ2v) is 5.58. The third-order valence-electron chi connectivity index (χ3n) is 3.52. The molecule has 0 spiro atoms. The van der Waals surface area contributed by atoms with E-state index >= 15 is 0 Å². The molecular formula is C18H28N2O4. The van der Waals surface area contributed by atoms with Gasteiger partial charge >= 0.3 is 0 Å². The summed E-state index contributed by atoms with van der Waals surface area (Å²) in [6.07, 6.45) is 1.85. The molecule has 0 aromatic heterocycles. The first kappa shape index (κ1) is 20.3. The summed E-state index contributed by atoms with van der Waals surface area (Å²) in [4.78, 5) is 23.8. The molecule has 1 amide bonds. The van der Waals surface area contributed by atoms with E-state index in [1.165, 1.54) is 0 Å². The van der Waals surface area contributed by atoms with Crippen molar-refractivity contribution in [1.29, 1.82) is 0 Å². The standard InChI is InChI=1S/C18H28N2O4/c1-23-12-13-24-11-5-10-20-18(22)17(19)14-16(21)9-8-15-6-3-2-4-7-15/h2-4,6-7,17H,5,8-14,19H2,1H3,(H,20,22). The lowest BCUT2D eigenvalue weighted by Crippen LogP contribution is -2.42. The van der Waals surface area contributed by atoms with Gasteiger partial charge in [-0.25, -0.2) is 0 Å². The lowest BCUT2D eigenvalue weighted by molar-refractivity contribution is -0.126. The number of aryl methyl sites for hydroxylation is 1. The Kier molecular flexibility index (Phi) is 10.7. The van der Waals surface area contributed by atoms with Crippen LogP contribution < -0.4 is 11.1 Å². The van der Waals surface area contributed by atoms with Gasteiger partial charge in [-0.2, -0.15) is 0 Å². The molecule has 1 aromatic rings. The molecule has 3 N–H and O–H groups in total. The van der Waals surface area contributed by atoms with Gasteiger partial charge in [-0.05, 0) is 18.4 Å². The predicted octanol–water partition coefficient (Wildman–Crippen LogP) is 1.08. The maximum atomic E-state index is 11.9. The van der Waals surface area contributed by atoms with Gasteiger partial charge in [0.15, 0.2) is 0 Å². The van der Waals surface area contributed by atoms with Gasteiger partial charge in [0.2, 0.25) is 5.91 Å². The summed E-state index contributed by atoms with van der Waals surface area (Å²) < 4.78 is 10.2. The van der Waals surface area contributed by atoms with E-state index in [4.69, 9.17) is 15.2 Å². The fourth-order valence-electron chi connectivity index (χ4n) is 2.13. The zero-order valence-corrected chi connectivity index (χ0v) is 14.3. The van der Waals surface area contributed by atoms with Gasteiger partial charge in [0.05, 0.1) is 19.3 Å². The van der Waals surface area contributed by atoms with Crippen LogP contribution in [0.3, 0.4) is 0 Å². The highest BCUT2D eigenvalue weighted by molar-refractivity contribution is 5.89. The Morgan fingerprint density at radius 2 is 1.92 bits per heavy atom. The molecule has 0 aliphatic carbocycles. The number of hydrogen-bond acceptors (Lipinski definition) is 5. The molecule has 1 aromatic carbocycles. The molecule has 0 aliphatic rings. The van der Waals surface area contributed by atoms with Crippen molar-refractivity contribution in [3.63, 3.8) is 0 Å². The first-order valence-corrected chi connectivity index (χ1v) is 8.29. The quantitative estimate of drug-likeness (QED) is 0.526. The van der Waals surface area contributed by atoms with Crippen LogP contribution in [0.1, 0.15) is 24.8 Å². The van der Waals surface area contributed by atoms with Gasteiger partial charge in [-0.1, -0.05) is 30.3 Å². The van der Waals surface area contributed by atoms with E-state index in [0.717, 1.165) is 5.56 Å². The normalized spacial score (nSPS) is 11.9. The van der Waals surface area contributed by atoms with E-state index in [0.29, 0.717) is 45.6 Å². The SMILES string of the molecule is COCCOCCCNC(=O)C(N)CC(=O)CCc1ccccc1. The number of methoxy groups -OCH3 is 1. The van der Waals surface area contributed by atoms with Crippen molar-refractivity contribution in [2.75, 3.05) is 33.5 Å². The third kappa shape index (κ3) is 9.39. The fraction of sp³-hybridized carbons (Fsp3) is 0.556. The van der Waals surface area contributed by atoms with Gasteiger partial charge in [0, 0.05) is 33.1 Å². The Morgan fingerprint density at radius 1 is 1.17 bits per heavy atom. The van der Waals surface area contributed by atoms with Gasteiger partial charge in [0.1, 0.15) is 5.78 Å². The third-order valence-corrected chi connectivity index (χ3v) is 3.52. The van der Waals surface area contributed by atoms with Crippen LogP contribution in [0.25, 0.3) is 0 Å². The van der Waals surface area contributed by atoms with Crippen molar-refractivity contribution in [3.05, 3.63) is 35.9 Å². The zero-order chi connectivity index (χ0) is 17.6. The Balaban J connectivity index is 2.11. The molecule has 0 radical (unpaired) electrons. The van der Waals surface area contributed by atoms with Crippen LogP contribution in [0.2, 0.25) is 0 Å². The van der Waals surface area contributed by atoms with Crippen LogP contribution in [-0.4, -0.2) is 51.2 Å². The minimum absolute atomic E-state index is 0.00408. The second-order valence-electron chi connectivity index (χ2n) is 5.58. The van der Waals surface area contributed by atoms with E-state index in [1.54, 1.807) is 7.11 Å². The molecule has 1 rings (SSSR count). The highest BCUT2D eigenvalue weighted by Gasteiger charge is 2.16. The van der Waals surface area contributed by atoms with E-state index in [9.17, 15) is 9.59 Å². The molecule has 1 unspecified atom stereocenters. The molecule has 0 saturated carbocycles. The smallest absolute Gasteiger partial charge is 0.237 e. The Morgan fingerprint density at radius 3 is 2.62 bits per heavy atom. The topological polar surface area (TPSA) is 90.7 Å². The van der Waals surface area contributed by atoms with Crippen LogP contribution in [0.15, 0.2) is 30.3 Å². The summed E-state index contributed by atoms with van der Waals surface area (Å²) in [5.74, 6) is -0.288. The summed E-state index contributed by atoms with van der Waals surface area (Å²) >= 11 is 0. The van der Waals surface area contributed by atoms with Gasteiger partial charge in [-0.15, -0.1) is 0 Å². The minimum atomic E-state index is -0.789. The summed E-state index contributed by atoms with van der Waals surface area (Å²) in [6, 6.07) is 9.00. The number of Topliss-reactive ketones (excluding diaryl/α,β-unsaturated/α-hetero) is 1. The highest BCUT2D eigenvalue weighted by atomic mass is 16.5. The van der Waals surface area contributed by atoms with Crippen LogP contribution in [0, 0.1) is 0 Å². The number of hydrogen-bond donors (Lipinski definition) is 2. The Hall–Kier alpha value is -1.76. The molecule has 0 heterocycles. The number of carbonyl (C=O) groups excluding carboxylic acids is 2. The van der Waals surface area contributed by atoms with Crippen molar-refractivity contribution in [2.45, 2.75) is 31.7 Å². The van der Waals surface area contributed by atoms with Crippen LogP contribution >= 0.6 is 0 Å². The lowest BCUT2D eigenvalue weighted by atomic mass is 10.0. The predicted molar refractivity (Wildman–Crippen MR) is 92.7 cm³/mol. The summed E-state index contributed by atoms with van der Waals surface area (Å²) in [7, 11) is 1.62. The minimum Gasteiger partial charge on any atom is -0.382 e. The summed E-state index contributed by atoms with van der Waals surface area (Å²) in [5, 5.41) is 2.73. The summed E-state index contributed by atoms with van der Waals surface area (Å²) in [5.41, 5.74) is 6.90. The Labute approximate surface area is 143 Å². The van der Waals surface area contributed by atoms with E-state index in [-0.39, 0.29) is 18.1 Å². The number of nitrogens with one attached hydrogen (secondary N) is 1. The first-order chi connectivity index (χ1) is 11.6. The molecule has 0 fully saturated rings. The maximum absolute atomic E-state index is 11.9. The fourth-order valence-corrected chi connectivity index (χ4v) is 2.13. The monoisotopic (exact) mass is 336 g/mol. The van der Waals surface area contributed by atoms with Crippen molar-refractivity contribution in [1.82, 2.24) is 5.32 Å². The number of carbonyl (C=O) groups is 2. The van der Waals surface area contributed by atoms with Crippen LogP contribution in [-0.2, 0) is 25.5 Å². The van der Waals surface area contributed by atoms with E-state index < -0.39 is 6.04 Å². The van der Waals surface area contributed by atoms with E-state index in [2.05, 4.69) is 5.32 Å². The number of ketones is 1. The maximum Gasteiger partial charge on any atom is 0.237 e. The largest absolute Gasteiger partial charge is 0.382 e. The van der Waals surface area contributed by atoms with Crippen molar-refractivity contribution >= 4 is 11.7 Å². The molecular weight excluding hydrogens is 308 g/mol. The van der Waals surface area contributed by atoms with E-state index in [1.807, 2.05) is 30.3 Å². The highest BCUT2D eigenvalue weighted by Crippen LogP contribution is 2.05. The van der Waals surface area contributed by atoms with Gasteiger partial charge in [-0.3, -0.25) is 9.59 Å². The average molecular weight is 336 g/mol. The van der Waals surface area contributed by atoms with Crippen LogP contribution in [0.4, 0.5) is 0 Å². The molecule has 0 aliphatic heterocycles. The lowest BCUT2D eigenvalue weighted by Gasteiger charge is -2.12. The molecule has 24 heavy (non-hydrogen) atoms. The average Bonchev–Trinajstić information content (AvgIpc) is 2.60. The zero-order valence-electron chi connectivity index (χ0n) is 14.3. The molecule has 0 saturated heterocycles. The van der Waals surface area contributed by atoms with Gasteiger partial charge < -0.3 is 20.5 Å². The van der Waals surface area contributed by atoms with Crippen molar-refractivity contribution in [3.8, 4) is 0 Å². The second kappa shape index (κ2) is 12.6. The van der Waals surface area contributed by atoms with Gasteiger partial charge in [0.25, 0.3) is 0 Å². The molecule has 6 nitrogen and oxygen atoms in total. The molecule has 1 atom stereocenters. The van der Waals surface area contributed by atoms with Crippen LogP contribution in [0.5, 0.6) is 0 Å². The molecule has 0 bridgehead atoms. The Bertz CT molecular complexity index is 479. The molecule has 6 heteroatoms. The van der Waals surface area contributed by atoms with Crippen molar-refractivity contribution < 1.29 is 19.1 Å². The number of amides is 1. The number of ether oxygens (including phenoxy) is 2. The van der Waals surface area contributed by atoms with Crippen molar-refractivity contribution in [2.24, 2.45) is 5.73 Å². The first-order valence-electron chi connectivity index (χ1n) is 8.29.